The van der Waals surface area contributed by atoms with Gasteiger partial charge in [-0.2, -0.15) is 0 Å². The summed E-state index contributed by atoms with van der Waals surface area (Å²) in [6, 6.07) is 8.98. The number of benzene rings is 2. The fourth-order valence-electron chi connectivity index (χ4n) is 2.54. The molecule has 2 heterocycles. The van der Waals surface area contributed by atoms with Gasteiger partial charge in [-0.25, -0.2) is 18.4 Å². The van der Waals surface area contributed by atoms with Gasteiger partial charge in [0.2, 0.25) is 0 Å². The zero-order valence-corrected chi connectivity index (χ0v) is 13.5. The van der Waals surface area contributed by atoms with Gasteiger partial charge in [-0.3, -0.25) is 4.79 Å². The number of anilines is 1. The Morgan fingerprint density at radius 1 is 1.15 bits per heavy atom. The first kappa shape index (κ1) is 15.9. The van der Waals surface area contributed by atoms with Gasteiger partial charge >= 0.3 is 0 Å². The van der Waals surface area contributed by atoms with Crippen LogP contribution in [0.2, 0.25) is 0 Å². The molecule has 1 amide bonds. The van der Waals surface area contributed by atoms with Crippen LogP contribution in [0.4, 0.5) is 14.5 Å². The van der Waals surface area contributed by atoms with E-state index in [9.17, 15) is 13.6 Å². The van der Waals surface area contributed by atoms with E-state index in [4.69, 9.17) is 0 Å². The summed E-state index contributed by atoms with van der Waals surface area (Å²) in [5.74, 6) is -1.74. The fourth-order valence-corrected chi connectivity index (χ4v) is 2.54. The summed E-state index contributed by atoms with van der Waals surface area (Å²) >= 11 is 0. The van der Waals surface area contributed by atoms with Crippen molar-refractivity contribution in [2.45, 2.75) is 0 Å². The van der Waals surface area contributed by atoms with Gasteiger partial charge in [0, 0.05) is 30.4 Å². The van der Waals surface area contributed by atoms with E-state index in [1.165, 1.54) is 10.9 Å². The molecule has 2 aromatic carbocycles. The van der Waals surface area contributed by atoms with Crippen LogP contribution in [0.25, 0.3) is 22.4 Å². The van der Waals surface area contributed by atoms with Gasteiger partial charge in [0.05, 0.1) is 17.2 Å². The number of amides is 1. The molecule has 0 fully saturated rings. The Labute approximate surface area is 145 Å². The smallest absolute Gasteiger partial charge is 0.275 e. The number of aromatic amines is 1. The quantitative estimate of drug-likeness (QED) is 0.592. The summed E-state index contributed by atoms with van der Waals surface area (Å²) in [5, 5.41) is 10.1. The molecule has 4 aromatic rings. The maximum Gasteiger partial charge on any atom is 0.275 e. The molecule has 7 nitrogen and oxygen atoms in total. The van der Waals surface area contributed by atoms with Crippen LogP contribution in [-0.4, -0.2) is 30.9 Å². The molecule has 0 atom stereocenters. The van der Waals surface area contributed by atoms with Crippen molar-refractivity contribution in [3.05, 3.63) is 59.9 Å². The summed E-state index contributed by atoms with van der Waals surface area (Å²) in [6.07, 6.45) is 1.37. The first-order valence-corrected chi connectivity index (χ1v) is 7.62. The van der Waals surface area contributed by atoms with E-state index in [2.05, 4.69) is 25.6 Å². The first-order chi connectivity index (χ1) is 12.5. The van der Waals surface area contributed by atoms with Gasteiger partial charge in [-0.1, -0.05) is 5.21 Å². The normalized spacial score (nSPS) is 11.0. The number of carbonyl (C=O) groups excluding carboxylic acids is 1. The molecular weight excluding hydrogens is 342 g/mol. The van der Waals surface area contributed by atoms with E-state index >= 15 is 0 Å². The Hall–Kier alpha value is -3.62. The number of carbonyl (C=O) groups is 1. The van der Waals surface area contributed by atoms with Crippen LogP contribution in [-0.2, 0) is 7.05 Å². The molecule has 2 aromatic heterocycles. The third kappa shape index (κ3) is 2.79. The van der Waals surface area contributed by atoms with E-state index in [0.29, 0.717) is 33.8 Å². The van der Waals surface area contributed by atoms with E-state index in [0.717, 1.165) is 12.1 Å². The topological polar surface area (TPSA) is 88.5 Å². The molecule has 9 heteroatoms. The second-order valence-corrected chi connectivity index (χ2v) is 5.64. The van der Waals surface area contributed by atoms with Crippen molar-refractivity contribution in [2.75, 3.05) is 5.32 Å². The predicted molar refractivity (Wildman–Crippen MR) is 90.4 cm³/mol. The first-order valence-electron chi connectivity index (χ1n) is 7.62. The van der Waals surface area contributed by atoms with Crippen LogP contribution in [0.15, 0.2) is 42.6 Å². The average molecular weight is 354 g/mol. The van der Waals surface area contributed by atoms with Crippen molar-refractivity contribution in [2.24, 2.45) is 7.05 Å². The van der Waals surface area contributed by atoms with Crippen molar-refractivity contribution in [3.8, 4) is 11.4 Å². The minimum Gasteiger partial charge on any atom is -0.338 e. The Balaban J connectivity index is 1.58. The monoisotopic (exact) mass is 354 g/mol. The number of imidazole rings is 1. The van der Waals surface area contributed by atoms with Crippen molar-refractivity contribution in [1.29, 1.82) is 0 Å². The third-order valence-corrected chi connectivity index (χ3v) is 3.89. The fraction of sp³-hybridized carbons (Fsp3) is 0.0588. The van der Waals surface area contributed by atoms with E-state index in [-0.39, 0.29) is 5.91 Å². The highest BCUT2D eigenvalue weighted by Gasteiger charge is 2.12. The van der Waals surface area contributed by atoms with Gasteiger partial charge in [0.15, 0.2) is 11.6 Å². The lowest BCUT2D eigenvalue weighted by atomic mass is 10.2. The zero-order chi connectivity index (χ0) is 18.3. The molecule has 0 saturated heterocycles. The zero-order valence-electron chi connectivity index (χ0n) is 13.5. The van der Waals surface area contributed by atoms with Crippen molar-refractivity contribution >= 4 is 22.6 Å². The number of hydrogen-bond donors (Lipinski definition) is 2. The largest absolute Gasteiger partial charge is 0.338 e. The molecule has 0 radical (unpaired) electrons. The molecule has 2 N–H and O–H groups in total. The van der Waals surface area contributed by atoms with Crippen LogP contribution in [0.3, 0.4) is 0 Å². The molecule has 0 spiro atoms. The Kier molecular flexibility index (Phi) is 3.68. The van der Waals surface area contributed by atoms with Gasteiger partial charge in [0.1, 0.15) is 11.5 Å². The summed E-state index contributed by atoms with van der Waals surface area (Å²) in [6.45, 7) is 0. The second kappa shape index (κ2) is 6.03. The molecule has 0 unspecified atom stereocenters. The number of halogens is 2. The van der Waals surface area contributed by atoms with Gasteiger partial charge < -0.3 is 10.3 Å². The number of nitrogens with one attached hydrogen (secondary N) is 2. The Bertz CT molecular complexity index is 1080. The molecule has 26 heavy (non-hydrogen) atoms. The number of rotatable bonds is 3. The molecule has 0 saturated carbocycles. The maximum atomic E-state index is 13.3. The average Bonchev–Trinajstić information content (AvgIpc) is 3.22. The highest BCUT2D eigenvalue weighted by Crippen LogP contribution is 2.23. The Morgan fingerprint density at radius 3 is 2.58 bits per heavy atom. The molecule has 0 aliphatic heterocycles. The minimum atomic E-state index is -0.946. The van der Waals surface area contributed by atoms with Crippen LogP contribution in [0.1, 0.15) is 10.5 Å². The van der Waals surface area contributed by atoms with Gasteiger partial charge in [0.25, 0.3) is 5.91 Å². The van der Waals surface area contributed by atoms with Gasteiger partial charge in [-0.05, 0) is 24.3 Å². The lowest BCUT2D eigenvalue weighted by Crippen LogP contribution is -2.15. The number of hydrogen-bond acceptors (Lipinski definition) is 4. The highest BCUT2D eigenvalue weighted by molar-refractivity contribution is 6.02. The van der Waals surface area contributed by atoms with Gasteiger partial charge in [-0.15, -0.1) is 5.10 Å². The second-order valence-electron chi connectivity index (χ2n) is 5.64. The van der Waals surface area contributed by atoms with Crippen molar-refractivity contribution < 1.29 is 13.6 Å². The van der Waals surface area contributed by atoms with Crippen LogP contribution < -0.4 is 5.32 Å². The number of aryl methyl sites for hydroxylation is 1. The van der Waals surface area contributed by atoms with Crippen LogP contribution in [0.5, 0.6) is 0 Å². The lowest BCUT2D eigenvalue weighted by Gasteiger charge is -2.05. The van der Waals surface area contributed by atoms with Crippen LogP contribution >= 0.6 is 0 Å². The summed E-state index contributed by atoms with van der Waals surface area (Å²) in [5.41, 5.74) is 2.35. The summed E-state index contributed by atoms with van der Waals surface area (Å²) < 4.78 is 28.0. The molecule has 0 aliphatic rings. The number of fused-ring (bicyclic) bond motifs is 1. The highest BCUT2D eigenvalue weighted by atomic mass is 19.2. The molecular formula is C17H12F2N6O. The van der Waals surface area contributed by atoms with E-state index in [1.54, 1.807) is 31.3 Å². The number of H-pyrrole nitrogens is 1. The molecule has 0 aliphatic carbocycles. The van der Waals surface area contributed by atoms with Crippen molar-refractivity contribution in [1.82, 2.24) is 25.0 Å². The standard InChI is InChI=1S/C17H12F2N6O/c1-25-15(8-20-24-25)17(26)21-10-4-2-9(3-5-10)16-22-13-6-11(18)12(19)7-14(13)23-16/h2-8H,1H3,(H,21,26)(H,22,23). The predicted octanol–water partition coefficient (Wildman–Crippen LogP) is 2.89. The Morgan fingerprint density at radius 2 is 1.88 bits per heavy atom. The lowest BCUT2D eigenvalue weighted by molar-refractivity contribution is 0.101. The van der Waals surface area contributed by atoms with Crippen LogP contribution in [0, 0.1) is 11.6 Å². The number of nitrogens with zero attached hydrogens (tertiary/aromatic N) is 4. The van der Waals surface area contributed by atoms with E-state index in [1.807, 2.05) is 0 Å². The maximum absolute atomic E-state index is 13.3. The summed E-state index contributed by atoms with van der Waals surface area (Å²) in [7, 11) is 1.62. The SMILES string of the molecule is Cn1nncc1C(=O)Nc1ccc(-c2nc3cc(F)c(F)cc3[nH]2)cc1. The molecule has 4 rings (SSSR count). The third-order valence-electron chi connectivity index (χ3n) is 3.89. The van der Waals surface area contributed by atoms with Crippen molar-refractivity contribution in [3.63, 3.8) is 0 Å². The molecule has 0 bridgehead atoms. The van der Waals surface area contributed by atoms with E-state index < -0.39 is 11.6 Å². The molecule has 130 valence electrons. The summed E-state index contributed by atoms with van der Waals surface area (Å²) in [4.78, 5) is 19.3. The number of aromatic nitrogens is 5. The minimum absolute atomic E-state index is 0.329.